The molecule has 2 rings (SSSR count). The predicted octanol–water partition coefficient (Wildman–Crippen LogP) is 3.11. The van der Waals surface area contributed by atoms with Crippen LogP contribution in [0.1, 0.15) is 49.5 Å². The molecule has 0 saturated heterocycles. The van der Waals surface area contributed by atoms with Gasteiger partial charge in [-0.15, -0.1) is 0 Å². The molecule has 0 aromatic carbocycles. The third-order valence-electron chi connectivity index (χ3n) is 4.19. The molecule has 3 nitrogen and oxygen atoms in total. The van der Waals surface area contributed by atoms with Gasteiger partial charge in [0.05, 0.1) is 12.2 Å². The summed E-state index contributed by atoms with van der Waals surface area (Å²) in [6, 6.07) is 5.87. The minimum Gasteiger partial charge on any atom is -0.390 e. The lowest BCUT2D eigenvalue weighted by molar-refractivity contribution is 0.0550. The van der Waals surface area contributed by atoms with Crippen molar-refractivity contribution < 1.29 is 5.11 Å². The Balaban J connectivity index is 2.20. The zero-order valence-electron chi connectivity index (χ0n) is 11.3. The molecule has 0 spiro atoms. The second kappa shape index (κ2) is 5.58. The number of aromatic nitrogens is 1. The number of aryl methyl sites for hydroxylation is 2. The summed E-state index contributed by atoms with van der Waals surface area (Å²) in [7, 11) is 0. The average Bonchev–Trinajstić information content (AvgIpc) is 2.72. The molecule has 2 atom stereocenters. The first kappa shape index (κ1) is 13.2. The lowest BCUT2D eigenvalue weighted by Crippen LogP contribution is -2.32. The van der Waals surface area contributed by atoms with Crippen molar-refractivity contribution in [3.05, 3.63) is 23.5 Å². The van der Waals surface area contributed by atoms with E-state index in [9.17, 15) is 10.4 Å². The van der Waals surface area contributed by atoms with E-state index in [1.54, 1.807) is 0 Å². The molecule has 1 saturated carbocycles. The highest BCUT2D eigenvalue weighted by Gasteiger charge is 2.31. The number of aliphatic hydroxyl groups is 1. The van der Waals surface area contributed by atoms with Gasteiger partial charge in [-0.25, -0.2) is 0 Å². The maximum absolute atomic E-state index is 10.5. The van der Waals surface area contributed by atoms with E-state index in [-0.39, 0.29) is 5.92 Å². The van der Waals surface area contributed by atoms with E-state index < -0.39 is 12.1 Å². The van der Waals surface area contributed by atoms with Crippen molar-refractivity contribution >= 4 is 0 Å². The molecule has 0 aliphatic heterocycles. The van der Waals surface area contributed by atoms with Gasteiger partial charge in [0, 0.05) is 11.4 Å². The van der Waals surface area contributed by atoms with E-state index in [0.29, 0.717) is 0 Å². The van der Waals surface area contributed by atoms with Crippen LogP contribution < -0.4 is 0 Å². The molecule has 3 heteroatoms. The molecule has 1 aromatic rings. The van der Waals surface area contributed by atoms with Crippen molar-refractivity contribution in [1.29, 1.82) is 5.26 Å². The van der Waals surface area contributed by atoms with Gasteiger partial charge in [-0.05, 0) is 44.7 Å². The Morgan fingerprint density at radius 2 is 1.78 bits per heavy atom. The summed E-state index contributed by atoms with van der Waals surface area (Å²) in [6.07, 6.45) is 5.20. The molecule has 1 aromatic heterocycles. The van der Waals surface area contributed by atoms with Crippen molar-refractivity contribution in [3.8, 4) is 6.07 Å². The fourth-order valence-electron chi connectivity index (χ4n) is 3.14. The van der Waals surface area contributed by atoms with Crippen LogP contribution >= 0.6 is 0 Å². The Labute approximate surface area is 109 Å². The van der Waals surface area contributed by atoms with E-state index in [1.807, 2.05) is 30.5 Å². The van der Waals surface area contributed by atoms with Gasteiger partial charge < -0.3 is 9.67 Å². The molecule has 0 unspecified atom stereocenters. The maximum atomic E-state index is 10.5. The van der Waals surface area contributed by atoms with Crippen molar-refractivity contribution in [2.24, 2.45) is 5.92 Å². The Bertz CT molecular complexity index is 418. The average molecular weight is 246 g/mol. The quantitative estimate of drug-likeness (QED) is 0.890. The van der Waals surface area contributed by atoms with E-state index in [1.165, 1.54) is 19.3 Å². The molecule has 1 fully saturated rings. The summed E-state index contributed by atoms with van der Waals surface area (Å²) < 4.78 is 1.97. The predicted molar refractivity (Wildman–Crippen MR) is 71.1 cm³/mol. The van der Waals surface area contributed by atoms with E-state index in [2.05, 4.69) is 6.07 Å². The smallest absolute Gasteiger partial charge is 0.147 e. The Morgan fingerprint density at radius 3 is 2.28 bits per heavy atom. The summed E-state index contributed by atoms with van der Waals surface area (Å²) in [5, 5.41) is 19.9. The van der Waals surface area contributed by atoms with Crippen molar-refractivity contribution in [1.82, 2.24) is 4.57 Å². The van der Waals surface area contributed by atoms with Crippen LogP contribution in [-0.4, -0.2) is 15.8 Å². The highest BCUT2D eigenvalue weighted by atomic mass is 16.3. The standard InChI is InChI=1S/C15H22N2O/c1-11-8-9-12(2)17(11)14(10-16)15(18)13-6-4-3-5-7-13/h8-9,13-15,18H,3-7H2,1-2H3/t14-,15+/m1/s1. The lowest BCUT2D eigenvalue weighted by Gasteiger charge is -2.31. The van der Waals surface area contributed by atoms with Crippen LogP contribution in [0.5, 0.6) is 0 Å². The van der Waals surface area contributed by atoms with E-state index in [0.717, 1.165) is 24.2 Å². The molecular formula is C15H22N2O. The first-order valence-corrected chi connectivity index (χ1v) is 6.87. The van der Waals surface area contributed by atoms with Crippen LogP contribution in [0.2, 0.25) is 0 Å². The van der Waals surface area contributed by atoms with Crippen molar-refractivity contribution in [2.75, 3.05) is 0 Å². The summed E-state index contributed by atoms with van der Waals surface area (Å²) in [5.41, 5.74) is 2.10. The normalized spacial score (nSPS) is 20.3. The molecule has 98 valence electrons. The van der Waals surface area contributed by atoms with Crippen LogP contribution in [0.3, 0.4) is 0 Å². The molecule has 0 bridgehead atoms. The SMILES string of the molecule is Cc1ccc(C)n1[C@H](C#N)[C@@H](O)C1CCCCC1. The second-order valence-corrected chi connectivity index (χ2v) is 5.45. The first-order valence-electron chi connectivity index (χ1n) is 6.87. The van der Waals surface area contributed by atoms with Gasteiger partial charge in [0.2, 0.25) is 0 Å². The number of hydrogen-bond acceptors (Lipinski definition) is 2. The van der Waals surface area contributed by atoms with Gasteiger partial charge in [-0.2, -0.15) is 5.26 Å². The van der Waals surface area contributed by atoms with Crippen LogP contribution in [-0.2, 0) is 0 Å². The number of hydrogen-bond donors (Lipinski definition) is 1. The number of rotatable bonds is 3. The third-order valence-corrected chi connectivity index (χ3v) is 4.19. The molecule has 0 radical (unpaired) electrons. The summed E-state index contributed by atoms with van der Waals surface area (Å²) in [4.78, 5) is 0. The van der Waals surface area contributed by atoms with Crippen molar-refractivity contribution in [3.63, 3.8) is 0 Å². The Morgan fingerprint density at radius 1 is 1.22 bits per heavy atom. The van der Waals surface area contributed by atoms with Crippen molar-refractivity contribution in [2.45, 2.75) is 58.1 Å². The number of nitrogens with zero attached hydrogens (tertiary/aromatic N) is 2. The van der Waals surface area contributed by atoms with Crippen LogP contribution in [0.15, 0.2) is 12.1 Å². The highest BCUT2D eigenvalue weighted by Crippen LogP contribution is 2.32. The van der Waals surface area contributed by atoms with Gasteiger partial charge in [0.1, 0.15) is 6.04 Å². The topological polar surface area (TPSA) is 49.0 Å². The maximum Gasteiger partial charge on any atom is 0.147 e. The van der Waals surface area contributed by atoms with E-state index >= 15 is 0 Å². The second-order valence-electron chi connectivity index (χ2n) is 5.45. The first-order chi connectivity index (χ1) is 8.65. The molecule has 18 heavy (non-hydrogen) atoms. The van der Waals surface area contributed by atoms with Gasteiger partial charge in [-0.3, -0.25) is 0 Å². The molecule has 1 heterocycles. The van der Waals surface area contributed by atoms with Crippen LogP contribution in [0.4, 0.5) is 0 Å². The fraction of sp³-hybridized carbons (Fsp3) is 0.667. The summed E-state index contributed by atoms with van der Waals surface area (Å²) >= 11 is 0. The molecule has 1 aliphatic rings. The van der Waals surface area contributed by atoms with E-state index in [4.69, 9.17) is 0 Å². The zero-order chi connectivity index (χ0) is 13.1. The zero-order valence-corrected chi connectivity index (χ0v) is 11.3. The van der Waals surface area contributed by atoms with Gasteiger partial charge in [0.15, 0.2) is 0 Å². The minimum atomic E-state index is -0.542. The molecular weight excluding hydrogens is 224 g/mol. The molecule has 1 aliphatic carbocycles. The summed E-state index contributed by atoms with van der Waals surface area (Å²) in [5.74, 6) is 0.282. The molecule has 1 N–H and O–H groups in total. The monoisotopic (exact) mass is 246 g/mol. The Hall–Kier alpha value is -1.27. The minimum absolute atomic E-state index is 0.282. The number of nitriles is 1. The lowest BCUT2D eigenvalue weighted by atomic mass is 9.83. The van der Waals surface area contributed by atoms with Gasteiger partial charge in [0.25, 0.3) is 0 Å². The Kier molecular flexibility index (Phi) is 4.08. The highest BCUT2D eigenvalue weighted by molar-refractivity contribution is 5.18. The van der Waals surface area contributed by atoms with Crippen LogP contribution in [0.25, 0.3) is 0 Å². The molecule has 0 amide bonds. The van der Waals surface area contributed by atoms with Gasteiger partial charge >= 0.3 is 0 Å². The largest absolute Gasteiger partial charge is 0.390 e. The van der Waals surface area contributed by atoms with Gasteiger partial charge in [-0.1, -0.05) is 19.3 Å². The fourth-order valence-corrected chi connectivity index (χ4v) is 3.14. The third kappa shape index (κ3) is 2.44. The number of aliphatic hydroxyl groups excluding tert-OH is 1. The van der Waals surface area contributed by atoms with Crippen LogP contribution in [0, 0.1) is 31.1 Å². The summed E-state index contributed by atoms with van der Waals surface area (Å²) in [6.45, 7) is 3.98.